The Bertz CT molecular complexity index is 1000. The lowest BCUT2D eigenvalue weighted by Crippen LogP contribution is -2.49. The van der Waals surface area contributed by atoms with Gasteiger partial charge in [-0.05, 0) is 61.6 Å². The molecule has 0 aliphatic carbocycles. The van der Waals surface area contributed by atoms with Crippen LogP contribution in [0.25, 0.3) is 0 Å². The highest BCUT2D eigenvalue weighted by Gasteiger charge is 2.43. The van der Waals surface area contributed by atoms with Crippen molar-refractivity contribution in [2.75, 3.05) is 11.9 Å². The van der Waals surface area contributed by atoms with Crippen LogP contribution in [0.4, 0.5) is 5.69 Å². The average Bonchev–Trinajstić information content (AvgIpc) is 2.91. The molecule has 0 aromatic heterocycles. The minimum atomic E-state index is -0.944. The Morgan fingerprint density at radius 1 is 1.20 bits per heavy atom. The molecule has 1 saturated heterocycles. The van der Waals surface area contributed by atoms with Gasteiger partial charge in [0.05, 0.1) is 6.42 Å². The van der Waals surface area contributed by atoms with Crippen LogP contribution in [0, 0.1) is 0 Å². The van der Waals surface area contributed by atoms with Crippen molar-refractivity contribution in [2.45, 2.75) is 19.4 Å². The van der Waals surface area contributed by atoms with Crippen molar-refractivity contribution < 1.29 is 14.4 Å². The predicted molar refractivity (Wildman–Crippen MR) is 122 cm³/mol. The summed E-state index contributed by atoms with van der Waals surface area (Å²) >= 11 is 14.6. The van der Waals surface area contributed by atoms with Crippen molar-refractivity contribution in [3.63, 3.8) is 0 Å². The summed E-state index contributed by atoms with van der Waals surface area (Å²) in [5.74, 6) is -1.18. The second kappa shape index (κ2) is 9.55. The van der Waals surface area contributed by atoms with Crippen LogP contribution >= 0.6 is 39.7 Å². The molecule has 1 aliphatic heterocycles. The molecule has 2 aromatic carbocycles. The molecule has 1 fully saturated rings. The third-order valence-electron chi connectivity index (χ3n) is 4.43. The maximum atomic E-state index is 12.8. The van der Waals surface area contributed by atoms with E-state index in [-0.39, 0.29) is 23.3 Å². The minimum Gasteiger partial charge on any atom is -0.326 e. The summed E-state index contributed by atoms with van der Waals surface area (Å²) in [4.78, 5) is 39.4. The number of carbonyl (C=O) groups excluding carboxylic acids is 3. The third kappa shape index (κ3) is 4.97. The van der Waals surface area contributed by atoms with Crippen LogP contribution in [0.5, 0.6) is 0 Å². The van der Waals surface area contributed by atoms with E-state index in [4.69, 9.17) is 23.8 Å². The number of thiocarbonyl (C=S) groups is 1. The van der Waals surface area contributed by atoms with E-state index in [0.29, 0.717) is 22.8 Å². The Hall–Kier alpha value is -2.49. The van der Waals surface area contributed by atoms with Gasteiger partial charge in [0.25, 0.3) is 11.8 Å². The van der Waals surface area contributed by atoms with Crippen LogP contribution in [-0.4, -0.2) is 45.3 Å². The van der Waals surface area contributed by atoms with Gasteiger partial charge >= 0.3 is 0 Å². The smallest absolute Gasteiger partial charge is 0.269 e. The molecule has 0 bridgehead atoms. The number of hydrazine groups is 1. The fourth-order valence-corrected chi connectivity index (χ4v) is 3.89. The van der Waals surface area contributed by atoms with Crippen molar-refractivity contribution in [1.29, 1.82) is 0 Å². The zero-order valence-electron chi connectivity index (χ0n) is 15.9. The van der Waals surface area contributed by atoms with E-state index in [1.807, 2.05) is 6.07 Å². The number of likely N-dealkylation sites (N-methyl/N-ethyl adjacent to an activating group) is 1. The van der Waals surface area contributed by atoms with Gasteiger partial charge in [-0.25, -0.2) is 5.01 Å². The highest BCUT2D eigenvalue weighted by molar-refractivity contribution is 9.10. The van der Waals surface area contributed by atoms with Crippen LogP contribution < -0.4 is 10.7 Å². The molecule has 2 N–H and O–H groups in total. The summed E-state index contributed by atoms with van der Waals surface area (Å²) in [5, 5.41) is 4.67. The van der Waals surface area contributed by atoms with E-state index in [0.717, 1.165) is 4.47 Å². The molecule has 30 heavy (non-hydrogen) atoms. The quantitative estimate of drug-likeness (QED) is 0.582. The molecular formula is C20H18BrClN4O3S. The largest absolute Gasteiger partial charge is 0.326 e. The van der Waals surface area contributed by atoms with E-state index >= 15 is 0 Å². The van der Waals surface area contributed by atoms with Gasteiger partial charge in [-0.15, -0.1) is 0 Å². The fraction of sp³-hybridized carbons (Fsp3) is 0.200. The highest BCUT2D eigenvalue weighted by atomic mass is 79.9. The van der Waals surface area contributed by atoms with E-state index in [2.05, 4.69) is 26.7 Å². The zero-order chi connectivity index (χ0) is 21.8. The SMILES string of the molecule is CCN1C(=O)C(CC(=O)Nc2cccc(Br)c2)N(NC(=O)c2ccc(Cl)cc2)C1=S. The van der Waals surface area contributed by atoms with Gasteiger partial charge in [0.1, 0.15) is 6.04 Å². The Labute approximate surface area is 192 Å². The van der Waals surface area contributed by atoms with Gasteiger partial charge in [-0.1, -0.05) is 33.6 Å². The number of rotatable bonds is 6. The number of benzene rings is 2. The van der Waals surface area contributed by atoms with Gasteiger partial charge in [0.2, 0.25) is 5.91 Å². The number of hydrogen-bond donors (Lipinski definition) is 2. The number of amides is 3. The normalized spacial score (nSPS) is 16.0. The van der Waals surface area contributed by atoms with E-state index in [1.165, 1.54) is 9.91 Å². The van der Waals surface area contributed by atoms with Crippen molar-refractivity contribution in [3.05, 3.63) is 63.6 Å². The molecule has 156 valence electrons. The van der Waals surface area contributed by atoms with Gasteiger partial charge < -0.3 is 5.32 Å². The second-order valence-electron chi connectivity index (χ2n) is 6.46. The molecule has 0 radical (unpaired) electrons. The molecule has 1 aliphatic rings. The number of hydrogen-bond acceptors (Lipinski definition) is 4. The topological polar surface area (TPSA) is 81.8 Å². The Balaban J connectivity index is 1.76. The maximum Gasteiger partial charge on any atom is 0.269 e. The number of carbonyl (C=O) groups is 3. The first-order valence-electron chi connectivity index (χ1n) is 9.06. The summed E-state index contributed by atoms with van der Waals surface area (Å²) in [7, 11) is 0. The Morgan fingerprint density at radius 3 is 2.53 bits per heavy atom. The molecule has 3 amide bonds. The maximum absolute atomic E-state index is 12.8. The molecule has 2 aromatic rings. The van der Waals surface area contributed by atoms with Gasteiger partial charge in [0, 0.05) is 27.3 Å². The molecule has 1 atom stereocenters. The summed E-state index contributed by atoms with van der Waals surface area (Å²) in [6.45, 7) is 2.10. The molecular weight excluding hydrogens is 492 g/mol. The first-order chi connectivity index (χ1) is 14.3. The standard InChI is InChI=1S/C20H18BrClN4O3S/c1-2-25-19(29)16(11-17(27)23-15-5-3-4-13(21)10-15)26(20(25)30)24-18(28)12-6-8-14(22)9-7-12/h3-10,16H,2,11H2,1H3,(H,23,27)(H,24,28). The van der Waals surface area contributed by atoms with Crippen LogP contribution in [0.2, 0.25) is 5.02 Å². The van der Waals surface area contributed by atoms with Gasteiger partial charge in [0.15, 0.2) is 5.11 Å². The van der Waals surface area contributed by atoms with E-state index in [1.54, 1.807) is 49.4 Å². The number of nitrogens with one attached hydrogen (secondary N) is 2. The minimum absolute atomic E-state index is 0.144. The second-order valence-corrected chi connectivity index (χ2v) is 8.18. The molecule has 0 spiro atoms. The first kappa shape index (κ1) is 22.2. The summed E-state index contributed by atoms with van der Waals surface area (Å²) in [5.41, 5.74) is 3.59. The third-order valence-corrected chi connectivity index (χ3v) is 5.59. The van der Waals surface area contributed by atoms with Gasteiger partial charge in [-0.3, -0.25) is 24.7 Å². The number of anilines is 1. The molecule has 3 rings (SSSR count). The van der Waals surface area contributed by atoms with Crippen LogP contribution in [-0.2, 0) is 9.59 Å². The average molecular weight is 510 g/mol. The number of nitrogens with zero attached hydrogens (tertiary/aromatic N) is 2. The van der Waals surface area contributed by atoms with Crippen molar-refractivity contribution in [2.24, 2.45) is 0 Å². The highest BCUT2D eigenvalue weighted by Crippen LogP contribution is 2.21. The lowest BCUT2D eigenvalue weighted by atomic mass is 10.2. The van der Waals surface area contributed by atoms with Crippen LogP contribution in [0.1, 0.15) is 23.7 Å². The van der Waals surface area contributed by atoms with Gasteiger partial charge in [-0.2, -0.15) is 0 Å². The van der Waals surface area contributed by atoms with Crippen LogP contribution in [0.3, 0.4) is 0 Å². The molecule has 1 unspecified atom stereocenters. The summed E-state index contributed by atoms with van der Waals surface area (Å²) in [6, 6.07) is 12.5. The van der Waals surface area contributed by atoms with E-state index in [9.17, 15) is 14.4 Å². The first-order valence-corrected chi connectivity index (χ1v) is 10.6. The monoisotopic (exact) mass is 508 g/mol. The molecule has 10 heteroatoms. The van der Waals surface area contributed by atoms with Crippen LogP contribution in [0.15, 0.2) is 53.0 Å². The lowest BCUT2D eigenvalue weighted by Gasteiger charge is -2.24. The fourth-order valence-electron chi connectivity index (χ4n) is 2.97. The van der Waals surface area contributed by atoms with Crippen molar-refractivity contribution >= 4 is 68.3 Å². The molecule has 7 nitrogen and oxygen atoms in total. The Kier molecular flexibility index (Phi) is 7.06. The molecule has 0 saturated carbocycles. The summed E-state index contributed by atoms with van der Waals surface area (Å²) in [6.07, 6.45) is -0.178. The predicted octanol–water partition coefficient (Wildman–Crippen LogP) is 3.59. The van der Waals surface area contributed by atoms with Crippen molar-refractivity contribution in [1.82, 2.24) is 15.3 Å². The van der Waals surface area contributed by atoms with E-state index < -0.39 is 11.9 Å². The lowest BCUT2D eigenvalue weighted by molar-refractivity contribution is -0.130. The summed E-state index contributed by atoms with van der Waals surface area (Å²) < 4.78 is 0.812. The zero-order valence-corrected chi connectivity index (χ0v) is 19.1. The van der Waals surface area contributed by atoms with Crippen molar-refractivity contribution in [3.8, 4) is 0 Å². The Morgan fingerprint density at radius 2 is 1.90 bits per heavy atom. The molecule has 1 heterocycles. The number of halogens is 2.